The molecule has 2 aliphatic carbocycles. The van der Waals surface area contributed by atoms with Crippen molar-refractivity contribution in [3.05, 3.63) is 72.9 Å². The zero-order valence-electron chi connectivity index (χ0n) is 9.55. The normalized spacial score (nSPS) is 20.1. The van der Waals surface area contributed by atoms with Crippen LogP contribution in [0, 0.1) is 11.8 Å². The average molecular weight is 210 g/mol. The van der Waals surface area contributed by atoms with E-state index in [4.69, 9.17) is 0 Å². The Bertz CT molecular complexity index is 364. The highest BCUT2D eigenvalue weighted by Gasteiger charge is 2.06. The van der Waals surface area contributed by atoms with Crippen molar-refractivity contribution in [2.45, 2.75) is 12.8 Å². The van der Waals surface area contributed by atoms with Crippen molar-refractivity contribution in [2.24, 2.45) is 11.8 Å². The first-order valence-electron chi connectivity index (χ1n) is 5.90. The Morgan fingerprint density at radius 1 is 0.938 bits per heavy atom. The van der Waals surface area contributed by atoms with Crippen LogP contribution in [-0.2, 0) is 0 Å². The zero-order valence-corrected chi connectivity index (χ0v) is 9.55. The van der Waals surface area contributed by atoms with E-state index >= 15 is 0 Å². The minimum atomic E-state index is 0.568. The molecule has 0 heteroatoms. The lowest BCUT2D eigenvalue weighted by Gasteiger charge is -2.07. The van der Waals surface area contributed by atoms with Crippen LogP contribution in [0.1, 0.15) is 12.8 Å². The molecule has 82 valence electrons. The first-order chi connectivity index (χ1) is 7.88. The Balaban J connectivity index is 1.88. The van der Waals surface area contributed by atoms with Gasteiger partial charge in [-0.1, -0.05) is 72.9 Å². The summed E-state index contributed by atoms with van der Waals surface area (Å²) in [5.74, 6) is 1.16. The topological polar surface area (TPSA) is 0 Å². The van der Waals surface area contributed by atoms with Gasteiger partial charge < -0.3 is 0 Å². The van der Waals surface area contributed by atoms with E-state index in [1.54, 1.807) is 0 Å². The molecule has 0 aromatic rings. The zero-order chi connectivity index (χ0) is 11.2. The van der Waals surface area contributed by atoms with Crippen LogP contribution in [0.2, 0.25) is 0 Å². The monoisotopic (exact) mass is 210 g/mol. The van der Waals surface area contributed by atoms with Crippen molar-refractivity contribution in [1.29, 1.82) is 0 Å². The van der Waals surface area contributed by atoms with Crippen molar-refractivity contribution in [3.8, 4) is 0 Å². The molecule has 0 fully saturated rings. The van der Waals surface area contributed by atoms with Gasteiger partial charge >= 0.3 is 0 Å². The third-order valence-electron chi connectivity index (χ3n) is 3.04. The maximum Gasteiger partial charge on any atom is -0.000695 e. The van der Waals surface area contributed by atoms with Crippen LogP contribution >= 0.6 is 0 Å². The van der Waals surface area contributed by atoms with E-state index in [1.165, 1.54) is 5.57 Å². The second-order valence-corrected chi connectivity index (χ2v) is 4.29. The largest absolute Gasteiger partial charge is 0.0988 e. The fourth-order valence-electron chi connectivity index (χ4n) is 2.06. The van der Waals surface area contributed by atoms with Crippen molar-refractivity contribution in [1.82, 2.24) is 0 Å². The van der Waals surface area contributed by atoms with E-state index in [2.05, 4.69) is 61.3 Å². The Morgan fingerprint density at radius 2 is 1.50 bits per heavy atom. The summed E-state index contributed by atoms with van der Waals surface area (Å²) in [4.78, 5) is 0. The summed E-state index contributed by atoms with van der Waals surface area (Å²) in [6, 6.07) is 0. The number of hydrogen-bond acceptors (Lipinski definition) is 0. The molecule has 2 aliphatic rings. The van der Waals surface area contributed by atoms with Gasteiger partial charge in [-0.2, -0.15) is 0 Å². The van der Waals surface area contributed by atoms with Gasteiger partial charge in [0.25, 0.3) is 0 Å². The maximum absolute atomic E-state index is 3.90. The Hall–Kier alpha value is -1.56. The molecule has 0 aromatic heterocycles. The predicted octanol–water partition coefficient (Wildman–Crippen LogP) is 4.36. The van der Waals surface area contributed by atoms with E-state index < -0.39 is 0 Å². The van der Waals surface area contributed by atoms with Gasteiger partial charge in [0, 0.05) is 0 Å². The molecule has 0 aliphatic heterocycles. The molecule has 2 rings (SSSR count). The molecule has 0 saturated heterocycles. The van der Waals surface area contributed by atoms with Crippen LogP contribution in [0.5, 0.6) is 0 Å². The molecule has 0 aromatic carbocycles. The highest BCUT2D eigenvalue weighted by molar-refractivity contribution is 5.26. The fourth-order valence-corrected chi connectivity index (χ4v) is 2.06. The highest BCUT2D eigenvalue weighted by Crippen LogP contribution is 2.21. The lowest BCUT2D eigenvalue weighted by Crippen LogP contribution is -1.93. The number of allylic oxidation sites excluding steroid dienone is 11. The second kappa shape index (κ2) is 5.50. The Labute approximate surface area is 98.1 Å². The second-order valence-electron chi connectivity index (χ2n) is 4.29. The SMILES string of the molecule is C=C/C(=C\CC1C=CC=C1)CC1C=CC=C1. The summed E-state index contributed by atoms with van der Waals surface area (Å²) in [7, 11) is 0. The third-order valence-corrected chi connectivity index (χ3v) is 3.04. The van der Waals surface area contributed by atoms with Gasteiger partial charge in [-0.05, 0) is 24.7 Å². The van der Waals surface area contributed by atoms with Crippen molar-refractivity contribution in [3.63, 3.8) is 0 Å². The highest BCUT2D eigenvalue weighted by atomic mass is 14.1. The first-order valence-corrected chi connectivity index (χ1v) is 5.90. The van der Waals surface area contributed by atoms with Crippen LogP contribution < -0.4 is 0 Å². The smallest absolute Gasteiger partial charge is 0.000695 e. The van der Waals surface area contributed by atoms with Crippen LogP contribution in [0.25, 0.3) is 0 Å². The minimum absolute atomic E-state index is 0.568. The average Bonchev–Trinajstić information content (AvgIpc) is 2.97. The van der Waals surface area contributed by atoms with Gasteiger partial charge in [0.1, 0.15) is 0 Å². The van der Waals surface area contributed by atoms with Crippen LogP contribution in [0.3, 0.4) is 0 Å². The molecule has 16 heavy (non-hydrogen) atoms. The lowest BCUT2D eigenvalue weighted by atomic mass is 9.98. The van der Waals surface area contributed by atoms with Gasteiger partial charge in [-0.3, -0.25) is 0 Å². The molecule has 0 bridgehead atoms. The number of hydrogen-bond donors (Lipinski definition) is 0. The van der Waals surface area contributed by atoms with E-state index in [9.17, 15) is 0 Å². The molecular weight excluding hydrogens is 192 g/mol. The maximum atomic E-state index is 3.90. The van der Waals surface area contributed by atoms with Crippen molar-refractivity contribution < 1.29 is 0 Å². The molecule has 0 heterocycles. The van der Waals surface area contributed by atoms with E-state index in [-0.39, 0.29) is 0 Å². The Morgan fingerprint density at radius 3 is 2.06 bits per heavy atom. The summed E-state index contributed by atoms with van der Waals surface area (Å²) in [6.07, 6.45) is 23.9. The number of rotatable bonds is 5. The van der Waals surface area contributed by atoms with Gasteiger partial charge in [0.15, 0.2) is 0 Å². The summed E-state index contributed by atoms with van der Waals surface area (Å²) in [6.45, 7) is 3.90. The summed E-state index contributed by atoms with van der Waals surface area (Å²) in [5, 5.41) is 0. The molecule has 0 nitrogen and oxygen atoms in total. The van der Waals surface area contributed by atoms with Crippen molar-refractivity contribution >= 4 is 0 Å². The van der Waals surface area contributed by atoms with E-state index in [0.29, 0.717) is 11.8 Å². The first kappa shape index (κ1) is 10.9. The molecule has 0 atom stereocenters. The lowest BCUT2D eigenvalue weighted by molar-refractivity contribution is 0.793. The van der Waals surface area contributed by atoms with E-state index in [1.807, 2.05) is 6.08 Å². The van der Waals surface area contributed by atoms with Gasteiger partial charge in [0.2, 0.25) is 0 Å². The molecular formula is C16H18. The van der Waals surface area contributed by atoms with Crippen LogP contribution in [-0.4, -0.2) is 0 Å². The molecule has 0 N–H and O–H groups in total. The minimum Gasteiger partial charge on any atom is -0.0988 e. The molecule has 0 unspecified atom stereocenters. The third kappa shape index (κ3) is 2.96. The van der Waals surface area contributed by atoms with Crippen LogP contribution in [0.15, 0.2) is 72.9 Å². The van der Waals surface area contributed by atoms with E-state index in [0.717, 1.165) is 12.8 Å². The molecule has 0 amide bonds. The fraction of sp³-hybridized carbons (Fsp3) is 0.250. The standard InChI is InChI=1S/C16H18/c1-2-14(13-16-9-5-6-10-16)11-12-15-7-3-4-8-15/h2-11,15-16H,1,12-13H2/b14-11+. The van der Waals surface area contributed by atoms with Gasteiger partial charge in [-0.15, -0.1) is 0 Å². The van der Waals surface area contributed by atoms with Crippen molar-refractivity contribution in [2.75, 3.05) is 0 Å². The summed E-state index contributed by atoms with van der Waals surface area (Å²) < 4.78 is 0. The molecule has 0 saturated carbocycles. The van der Waals surface area contributed by atoms with Gasteiger partial charge in [-0.25, -0.2) is 0 Å². The van der Waals surface area contributed by atoms with Crippen LogP contribution in [0.4, 0.5) is 0 Å². The molecule has 0 radical (unpaired) electrons. The quantitative estimate of drug-likeness (QED) is 0.591. The molecule has 0 spiro atoms. The predicted molar refractivity (Wildman–Crippen MR) is 71.1 cm³/mol. The summed E-state index contributed by atoms with van der Waals surface area (Å²) in [5.41, 5.74) is 1.36. The van der Waals surface area contributed by atoms with Gasteiger partial charge in [0.05, 0.1) is 0 Å². The Kier molecular flexibility index (Phi) is 3.76. The summed E-state index contributed by atoms with van der Waals surface area (Å²) >= 11 is 0.